The van der Waals surface area contributed by atoms with Gasteiger partial charge in [0.1, 0.15) is 22.3 Å². The molecular weight excluding hydrogens is 566 g/mol. The van der Waals surface area contributed by atoms with Gasteiger partial charge in [-0.1, -0.05) is 103 Å². The highest BCUT2D eigenvalue weighted by molar-refractivity contribution is 6.22. The highest BCUT2D eigenvalue weighted by Crippen LogP contribution is 2.40. The number of rotatable bonds is 3. The van der Waals surface area contributed by atoms with Gasteiger partial charge in [0, 0.05) is 38.2 Å². The SMILES string of the molecule is c1ccc(-c2nc(-c3cccc4c3ccc3oc5ccccc5c34)nc(-c3cccc4c3ccc3oc5ccccc5c34)n2)cc1. The number of hydrogen-bond donors (Lipinski definition) is 0. The third-order valence-electron chi connectivity index (χ3n) is 8.95. The molecule has 0 spiro atoms. The van der Waals surface area contributed by atoms with Gasteiger partial charge in [-0.25, -0.2) is 15.0 Å². The van der Waals surface area contributed by atoms with E-state index in [0.29, 0.717) is 17.5 Å². The van der Waals surface area contributed by atoms with Gasteiger partial charge in [0.25, 0.3) is 0 Å². The highest BCUT2D eigenvalue weighted by atomic mass is 16.3. The largest absolute Gasteiger partial charge is 0.456 e. The van der Waals surface area contributed by atoms with Crippen LogP contribution in [0.2, 0.25) is 0 Å². The lowest BCUT2D eigenvalue weighted by Crippen LogP contribution is -2.01. The Labute approximate surface area is 262 Å². The molecule has 0 aliphatic rings. The van der Waals surface area contributed by atoms with E-state index < -0.39 is 0 Å². The van der Waals surface area contributed by atoms with Crippen molar-refractivity contribution in [3.8, 4) is 34.2 Å². The molecule has 0 fully saturated rings. The van der Waals surface area contributed by atoms with Crippen LogP contribution >= 0.6 is 0 Å². The summed E-state index contributed by atoms with van der Waals surface area (Å²) >= 11 is 0. The van der Waals surface area contributed by atoms with E-state index in [1.165, 1.54) is 0 Å². The van der Waals surface area contributed by atoms with E-state index in [1.54, 1.807) is 0 Å². The van der Waals surface area contributed by atoms with E-state index in [-0.39, 0.29) is 0 Å². The zero-order valence-electron chi connectivity index (χ0n) is 24.4. The molecule has 0 N–H and O–H groups in total. The number of nitrogens with zero attached hydrogens (tertiary/aromatic N) is 3. The molecule has 0 unspecified atom stereocenters. The predicted molar refractivity (Wildman–Crippen MR) is 186 cm³/mol. The van der Waals surface area contributed by atoms with E-state index in [0.717, 1.165) is 82.1 Å². The monoisotopic (exact) mass is 589 g/mol. The second-order valence-electron chi connectivity index (χ2n) is 11.5. The van der Waals surface area contributed by atoms with E-state index >= 15 is 0 Å². The minimum absolute atomic E-state index is 0.619. The number of fused-ring (bicyclic) bond motifs is 10. The molecule has 5 nitrogen and oxygen atoms in total. The first-order valence-electron chi connectivity index (χ1n) is 15.3. The number of para-hydroxylation sites is 2. The van der Waals surface area contributed by atoms with Crippen molar-refractivity contribution in [1.82, 2.24) is 15.0 Å². The van der Waals surface area contributed by atoms with Gasteiger partial charge >= 0.3 is 0 Å². The van der Waals surface area contributed by atoms with Gasteiger partial charge in [0.15, 0.2) is 17.5 Å². The quantitative estimate of drug-likeness (QED) is 0.205. The number of hydrogen-bond acceptors (Lipinski definition) is 5. The normalized spacial score (nSPS) is 11.9. The number of furan rings is 2. The summed E-state index contributed by atoms with van der Waals surface area (Å²) < 4.78 is 12.4. The lowest BCUT2D eigenvalue weighted by molar-refractivity contribution is 0.669. The third-order valence-corrected chi connectivity index (χ3v) is 8.95. The second-order valence-corrected chi connectivity index (χ2v) is 11.5. The van der Waals surface area contributed by atoms with Gasteiger partial charge in [-0.2, -0.15) is 0 Å². The van der Waals surface area contributed by atoms with Crippen molar-refractivity contribution in [2.45, 2.75) is 0 Å². The minimum atomic E-state index is 0.619. The fraction of sp³-hybridized carbons (Fsp3) is 0. The van der Waals surface area contributed by atoms with Crippen molar-refractivity contribution < 1.29 is 8.83 Å². The molecule has 0 aliphatic carbocycles. The van der Waals surface area contributed by atoms with E-state index in [1.807, 2.05) is 66.7 Å². The molecular formula is C41H23N3O2. The van der Waals surface area contributed by atoms with Gasteiger partial charge in [0.05, 0.1) is 0 Å². The van der Waals surface area contributed by atoms with Crippen LogP contribution in [0.4, 0.5) is 0 Å². The molecule has 214 valence electrons. The molecule has 0 saturated carbocycles. The zero-order chi connectivity index (χ0) is 30.2. The lowest BCUT2D eigenvalue weighted by atomic mass is 9.98. The van der Waals surface area contributed by atoms with Gasteiger partial charge in [-0.05, 0) is 57.9 Å². The second kappa shape index (κ2) is 9.58. The third kappa shape index (κ3) is 3.66. The Hall–Kier alpha value is -6.33. The first kappa shape index (κ1) is 25.0. The predicted octanol–water partition coefficient (Wildman–Crippen LogP) is 11.0. The molecule has 0 radical (unpaired) electrons. The molecule has 0 amide bonds. The van der Waals surface area contributed by atoms with Crippen molar-refractivity contribution >= 4 is 65.4 Å². The average Bonchev–Trinajstić information content (AvgIpc) is 3.70. The molecule has 0 aliphatic heterocycles. The molecule has 10 aromatic rings. The molecule has 5 heteroatoms. The minimum Gasteiger partial charge on any atom is -0.456 e. The Morgan fingerprint density at radius 1 is 0.304 bits per heavy atom. The molecule has 0 atom stereocenters. The topological polar surface area (TPSA) is 65.0 Å². The van der Waals surface area contributed by atoms with E-state index in [9.17, 15) is 0 Å². The Kier molecular flexibility index (Phi) is 5.22. The van der Waals surface area contributed by atoms with Crippen molar-refractivity contribution in [2.75, 3.05) is 0 Å². The van der Waals surface area contributed by atoms with Crippen LogP contribution in [0.25, 0.3) is 99.6 Å². The zero-order valence-corrected chi connectivity index (χ0v) is 24.4. The van der Waals surface area contributed by atoms with Crippen LogP contribution in [0, 0.1) is 0 Å². The molecule has 10 rings (SSSR count). The van der Waals surface area contributed by atoms with Crippen LogP contribution in [0.1, 0.15) is 0 Å². The Balaban J connectivity index is 1.26. The molecule has 3 heterocycles. The van der Waals surface area contributed by atoms with Crippen LogP contribution in [0.5, 0.6) is 0 Å². The molecule has 0 bridgehead atoms. The van der Waals surface area contributed by atoms with E-state index in [4.69, 9.17) is 23.8 Å². The van der Waals surface area contributed by atoms with Crippen LogP contribution in [0.15, 0.2) is 148 Å². The molecule has 46 heavy (non-hydrogen) atoms. The fourth-order valence-electron chi connectivity index (χ4n) is 6.89. The van der Waals surface area contributed by atoms with Crippen molar-refractivity contribution in [2.24, 2.45) is 0 Å². The van der Waals surface area contributed by atoms with Gasteiger partial charge in [0.2, 0.25) is 0 Å². The van der Waals surface area contributed by atoms with Crippen molar-refractivity contribution in [1.29, 1.82) is 0 Å². The maximum absolute atomic E-state index is 6.20. The maximum atomic E-state index is 6.20. The number of aromatic nitrogens is 3. The molecule has 7 aromatic carbocycles. The smallest absolute Gasteiger partial charge is 0.164 e. The fourth-order valence-corrected chi connectivity index (χ4v) is 6.89. The van der Waals surface area contributed by atoms with Crippen LogP contribution in [-0.2, 0) is 0 Å². The van der Waals surface area contributed by atoms with Gasteiger partial charge < -0.3 is 8.83 Å². The summed E-state index contributed by atoms with van der Waals surface area (Å²) in [5.74, 6) is 1.86. The number of benzene rings is 7. The van der Waals surface area contributed by atoms with Gasteiger partial charge in [-0.3, -0.25) is 0 Å². The van der Waals surface area contributed by atoms with Crippen LogP contribution in [-0.4, -0.2) is 15.0 Å². The Bertz CT molecular complexity index is 2640. The van der Waals surface area contributed by atoms with Crippen molar-refractivity contribution in [3.63, 3.8) is 0 Å². The highest BCUT2D eigenvalue weighted by Gasteiger charge is 2.19. The average molecular weight is 590 g/mol. The first-order valence-corrected chi connectivity index (χ1v) is 15.3. The Morgan fingerprint density at radius 2 is 0.761 bits per heavy atom. The summed E-state index contributed by atoms with van der Waals surface area (Å²) in [5, 5.41) is 8.69. The van der Waals surface area contributed by atoms with E-state index in [2.05, 4.69) is 72.8 Å². The standard InChI is InChI=1S/C41H23N3O2/c1-2-10-24(11-3-1)39-42-40(29-16-8-14-27-25(29)20-22-35-37(27)31-12-4-6-18-33(31)45-35)44-41(43-39)30-17-9-15-28-26(30)21-23-36-38(28)32-13-5-7-19-34(32)46-36/h1-23H. The summed E-state index contributed by atoms with van der Waals surface area (Å²) in [5.41, 5.74) is 6.28. The summed E-state index contributed by atoms with van der Waals surface area (Å²) in [4.78, 5) is 15.4. The molecule has 3 aromatic heterocycles. The van der Waals surface area contributed by atoms with Gasteiger partial charge in [-0.15, -0.1) is 0 Å². The maximum Gasteiger partial charge on any atom is 0.164 e. The molecule has 0 saturated heterocycles. The van der Waals surface area contributed by atoms with Crippen molar-refractivity contribution in [3.05, 3.63) is 140 Å². The summed E-state index contributed by atoms with van der Waals surface area (Å²) in [6.07, 6.45) is 0. The summed E-state index contributed by atoms with van der Waals surface area (Å²) in [7, 11) is 0. The van der Waals surface area contributed by atoms with Crippen LogP contribution < -0.4 is 0 Å². The lowest BCUT2D eigenvalue weighted by Gasteiger charge is -2.12. The van der Waals surface area contributed by atoms with Crippen LogP contribution in [0.3, 0.4) is 0 Å². The summed E-state index contributed by atoms with van der Waals surface area (Å²) in [6, 6.07) is 47.4. The Morgan fingerprint density at radius 3 is 1.30 bits per heavy atom. The first-order chi connectivity index (χ1) is 22.8. The summed E-state index contributed by atoms with van der Waals surface area (Å²) in [6.45, 7) is 0.